The van der Waals surface area contributed by atoms with E-state index in [1.54, 1.807) is 0 Å². The van der Waals surface area contributed by atoms with E-state index in [2.05, 4.69) is 0 Å². The number of hydrogen-bond acceptors (Lipinski definition) is 4. The second-order valence-electron chi connectivity index (χ2n) is 6.64. The molecule has 146 valence electrons. The van der Waals surface area contributed by atoms with Crippen LogP contribution in [0.2, 0.25) is 0 Å². The van der Waals surface area contributed by atoms with Crippen LogP contribution in [0, 0.1) is 5.41 Å². The van der Waals surface area contributed by atoms with E-state index in [-0.39, 0.29) is 18.3 Å². The van der Waals surface area contributed by atoms with Crippen molar-refractivity contribution in [3.05, 3.63) is 35.9 Å². The van der Waals surface area contributed by atoms with Crippen molar-refractivity contribution in [3.63, 3.8) is 0 Å². The third kappa shape index (κ3) is 7.91. The second-order valence-corrected chi connectivity index (χ2v) is 7.54. The number of nitrogens with two attached hydrogens (primary N) is 1. The van der Waals surface area contributed by atoms with Crippen molar-refractivity contribution in [3.8, 4) is 0 Å². The maximum Gasteiger partial charge on any atom is 0.324 e. The minimum Gasteiger partial charge on any atom is -0.481 e. The number of hydrogen-bond donors (Lipinski definition) is 3. The molecule has 0 aromatic heterocycles. The summed E-state index contributed by atoms with van der Waals surface area (Å²) in [5.74, 6) is -1.75. The number of carboxylic acid groups (broad SMARTS) is 2. The summed E-state index contributed by atoms with van der Waals surface area (Å²) in [5.41, 5.74) is 6.42. The Morgan fingerprint density at radius 3 is 2.12 bits per heavy atom. The van der Waals surface area contributed by atoms with Crippen LogP contribution in [0.1, 0.15) is 44.1 Å². The van der Waals surface area contributed by atoms with E-state index in [0.717, 1.165) is 31.2 Å². The summed E-state index contributed by atoms with van der Waals surface area (Å²) in [7, 11) is 0. The van der Waals surface area contributed by atoms with Gasteiger partial charge in [0.1, 0.15) is 6.04 Å². The van der Waals surface area contributed by atoms with Gasteiger partial charge < -0.3 is 15.9 Å². The summed E-state index contributed by atoms with van der Waals surface area (Å²) in [6.07, 6.45) is 6.05. The Morgan fingerprint density at radius 1 is 1.12 bits per heavy atom. The summed E-state index contributed by atoms with van der Waals surface area (Å²) in [5, 5.41) is 17.5. The Hall–Kier alpha value is -1.34. The van der Waals surface area contributed by atoms with Crippen LogP contribution >= 0.6 is 23.6 Å². The number of carboxylic acids is 2. The van der Waals surface area contributed by atoms with Gasteiger partial charge >= 0.3 is 11.9 Å². The van der Waals surface area contributed by atoms with Crippen molar-refractivity contribution in [2.75, 3.05) is 6.54 Å². The molecule has 1 fully saturated rings. The van der Waals surface area contributed by atoms with Crippen molar-refractivity contribution < 1.29 is 19.8 Å². The van der Waals surface area contributed by atoms with Crippen LogP contribution < -0.4 is 5.73 Å². The maximum atomic E-state index is 10.7. The van der Waals surface area contributed by atoms with Crippen LogP contribution in [0.3, 0.4) is 0 Å². The molecule has 26 heavy (non-hydrogen) atoms. The molecule has 0 radical (unpaired) electrons. The summed E-state index contributed by atoms with van der Waals surface area (Å²) in [6.45, 7) is 0.527. The quantitative estimate of drug-likeness (QED) is 0.598. The molecular formula is C18H26Cl2N2O4. The SMILES string of the molecule is NCC1(CC(=O)O)CCCCC1.O=C(O)[C@H](Cc1ccccc1)N(Cl)Cl. The van der Waals surface area contributed by atoms with E-state index in [9.17, 15) is 9.59 Å². The number of aliphatic carboxylic acids is 2. The first-order valence-electron chi connectivity index (χ1n) is 8.59. The smallest absolute Gasteiger partial charge is 0.324 e. The monoisotopic (exact) mass is 404 g/mol. The number of carbonyl (C=O) groups is 2. The zero-order valence-electron chi connectivity index (χ0n) is 14.6. The Morgan fingerprint density at radius 2 is 1.69 bits per heavy atom. The molecule has 2 rings (SSSR count). The number of halogens is 2. The molecule has 1 saturated carbocycles. The highest BCUT2D eigenvalue weighted by molar-refractivity contribution is 6.34. The van der Waals surface area contributed by atoms with E-state index in [1.165, 1.54) is 6.42 Å². The molecule has 0 aliphatic heterocycles. The molecule has 1 aromatic rings. The van der Waals surface area contributed by atoms with Crippen LogP contribution in [-0.4, -0.2) is 38.7 Å². The highest BCUT2D eigenvalue weighted by Gasteiger charge is 2.32. The zero-order chi connectivity index (χ0) is 19.6. The molecule has 1 atom stereocenters. The molecule has 0 saturated heterocycles. The Balaban J connectivity index is 0.000000263. The lowest BCUT2D eigenvalue weighted by molar-refractivity contribution is -0.141. The van der Waals surface area contributed by atoms with Gasteiger partial charge in [-0.1, -0.05) is 49.6 Å². The number of rotatable bonds is 7. The minimum atomic E-state index is -1.04. The van der Waals surface area contributed by atoms with E-state index in [0.29, 0.717) is 10.5 Å². The van der Waals surface area contributed by atoms with Crippen LogP contribution in [0.15, 0.2) is 30.3 Å². The molecule has 1 aliphatic rings. The van der Waals surface area contributed by atoms with Gasteiger partial charge in [-0.15, -0.1) is 3.94 Å². The van der Waals surface area contributed by atoms with Gasteiger partial charge in [0.15, 0.2) is 0 Å². The van der Waals surface area contributed by atoms with Crippen LogP contribution in [0.25, 0.3) is 0 Å². The number of benzene rings is 1. The fourth-order valence-corrected chi connectivity index (χ4v) is 3.46. The largest absolute Gasteiger partial charge is 0.481 e. The van der Waals surface area contributed by atoms with Crippen molar-refractivity contribution in [2.45, 2.75) is 51.0 Å². The zero-order valence-corrected chi connectivity index (χ0v) is 16.1. The van der Waals surface area contributed by atoms with Crippen molar-refractivity contribution in [1.29, 1.82) is 0 Å². The second kappa shape index (κ2) is 11.4. The van der Waals surface area contributed by atoms with Crippen LogP contribution in [0.5, 0.6) is 0 Å². The summed E-state index contributed by atoms with van der Waals surface area (Å²) >= 11 is 10.8. The molecule has 0 unspecified atom stereocenters. The summed E-state index contributed by atoms with van der Waals surface area (Å²) in [4.78, 5) is 21.3. The first-order valence-corrected chi connectivity index (χ1v) is 9.27. The van der Waals surface area contributed by atoms with E-state index in [1.807, 2.05) is 30.3 Å². The van der Waals surface area contributed by atoms with E-state index in [4.69, 9.17) is 39.5 Å². The molecular weight excluding hydrogens is 379 g/mol. The first kappa shape index (κ1) is 22.7. The van der Waals surface area contributed by atoms with Crippen molar-refractivity contribution in [1.82, 2.24) is 3.94 Å². The van der Waals surface area contributed by atoms with Crippen LogP contribution in [-0.2, 0) is 16.0 Å². The van der Waals surface area contributed by atoms with Crippen molar-refractivity contribution >= 4 is 35.5 Å². The van der Waals surface area contributed by atoms with Gasteiger partial charge in [0.25, 0.3) is 0 Å². The third-order valence-electron chi connectivity index (χ3n) is 4.67. The van der Waals surface area contributed by atoms with Gasteiger partial charge in [0, 0.05) is 6.42 Å². The van der Waals surface area contributed by atoms with Gasteiger partial charge in [-0.2, -0.15) is 0 Å². The van der Waals surface area contributed by atoms with E-state index >= 15 is 0 Å². The fraction of sp³-hybridized carbons (Fsp3) is 0.556. The highest BCUT2D eigenvalue weighted by Crippen LogP contribution is 2.38. The molecule has 0 spiro atoms. The average molecular weight is 405 g/mol. The molecule has 4 N–H and O–H groups in total. The lowest BCUT2D eigenvalue weighted by Gasteiger charge is -2.34. The Bertz CT molecular complexity index is 564. The summed E-state index contributed by atoms with van der Waals surface area (Å²) < 4.78 is 0.662. The molecule has 1 aliphatic carbocycles. The first-order chi connectivity index (χ1) is 12.3. The molecule has 0 bridgehead atoms. The minimum absolute atomic E-state index is 0.0793. The van der Waals surface area contributed by atoms with Gasteiger partial charge in [-0.3, -0.25) is 9.59 Å². The standard InChI is InChI=1S/C9H9Cl2NO2.C9H17NO2/c10-12(11)8(9(13)14)6-7-4-2-1-3-5-7;10-7-9(6-8(11)12)4-2-1-3-5-9/h1-5,8H,6H2,(H,13,14);1-7,10H2,(H,11,12)/t8-;/m0./s1. The van der Waals surface area contributed by atoms with Gasteiger partial charge in [0.05, 0.1) is 6.42 Å². The molecule has 0 heterocycles. The predicted octanol–water partition coefficient (Wildman–Crippen LogP) is 3.66. The average Bonchev–Trinajstić information content (AvgIpc) is 2.61. The predicted molar refractivity (Wildman–Crippen MR) is 102 cm³/mol. The van der Waals surface area contributed by atoms with Gasteiger partial charge in [0.2, 0.25) is 0 Å². The molecule has 0 amide bonds. The fourth-order valence-electron chi connectivity index (χ4n) is 3.15. The topological polar surface area (TPSA) is 104 Å². The van der Waals surface area contributed by atoms with Gasteiger partial charge in [-0.25, -0.2) is 0 Å². The molecule has 1 aromatic carbocycles. The Kier molecular flexibility index (Phi) is 9.94. The van der Waals surface area contributed by atoms with Crippen LogP contribution in [0.4, 0.5) is 0 Å². The molecule has 8 heteroatoms. The summed E-state index contributed by atoms with van der Waals surface area (Å²) in [6, 6.07) is 8.27. The normalized spacial score (nSPS) is 17.1. The highest BCUT2D eigenvalue weighted by atomic mass is 35.5. The van der Waals surface area contributed by atoms with Crippen molar-refractivity contribution in [2.24, 2.45) is 11.1 Å². The Labute approximate surface area is 164 Å². The lowest BCUT2D eigenvalue weighted by atomic mass is 9.72. The number of nitrogens with zero attached hydrogens (tertiary/aromatic N) is 1. The maximum absolute atomic E-state index is 10.7. The van der Waals surface area contributed by atoms with E-state index < -0.39 is 18.0 Å². The third-order valence-corrected chi connectivity index (χ3v) is 5.14. The molecule has 6 nitrogen and oxygen atoms in total. The van der Waals surface area contributed by atoms with Gasteiger partial charge in [-0.05, 0) is 53.9 Å². The lowest BCUT2D eigenvalue weighted by Crippen LogP contribution is -2.34.